The molecule has 0 spiro atoms. The molecular weight excluding hydrogens is 270 g/mol. The second-order valence-electron chi connectivity index (χ2n) is 4.58. The summed E-state index contributed by atoms with van der Waals surface area (Å²) in [5.41, 5.74) is 0.694. The molecule has 0 saturated heterocycles. The average molecular weight is 289 g/mol. The Morgan fingerprint density at radius 1 is 1.30 bits per heavy atom. The van der Waals surface area contributed by atoms with Crippen LogP contribution in [0.3, 0.4) is 0 Å². The number of aliphatic hydroxyl groups is 1. The normalized spacial score (nSPS) is 13.1. The number of benzene rings is 1. The highest BCUT2D eigenvalue weighted by Crippen LogP contribution is 2.16. The molecule has 0 aliphatic rings. The Labute approximate surface area is 125 Å². The molecule has 0 aliphatic carbocycles. The lowest BCUT2D eigenvalue weighted by Gasteiger charge is -2.30. The third-order valence-corrected chi connectivity index (χ3v) is 3.27. The monoisotopic (exact) mass is 289 g/mol. The van der Waals surface area contributed by atoms with Crippen LogP contribution in [0.2, 0.25) is 0 Å². The third-order valence-electron chi connectivity index (χ3n) is 3.10. The molecule has 0 radical (unpaired) electrons. The maximum absolute atomic E-state index is 12.2. The van der Waals surface area contributed by atoms with Gasteiger partial charge in [-0.25, -0.2) is 0 Å². The molecule has 0 heterocycles. The van der Waals surface area contributed by atoms with Crippen molar-refractivity contribution in [3.8, 4) is 0 Å². The van der Waals surface area contributed by atoms with Crippen molar-refractivity contribution in [1.29, 1.82) is 0 Å². The minimum atomic E-state index is -0.780. The van der Waals surface area contributed by atoms with Crippen LogP contribution in [0, 0.1) is 0 Å². The van der Waals surface area contributed by atoms with E-state index in [2.05, 4.69) is 18.5 Å². The molecule has 1 aromatic carbocycles. The molecule has 20 heavy (non-hydrogen) atoms. The number of carbonyl (C=O) groups excluding carboxylic acids is 1. The van der Waals surface area contributed by atoms with Crippen LogP contribution in [0.5, 0.6) is 0 Å². The summed E-state index contributed by atoms with van der Waals surface area (Å²) < 4.78 is 0. The zero-order valence-electron chi connectivity index (χ0n) is 11.3. The minimum Gasteiger partial charge on any atom is -0.394 e. The fraction of sp³-hybridized carbons (Fsp3) is 0.250. The molecule has 3 nitrogen and oxygen atoms in total. The van der Waals surface area contributed by atoms with Crippen LogP contribution in [-0.4, -0.2) is 28.5 Å². The van der Waals surface area contributed by atoms with E-state index in [0.717, 1.165) is 5.56 Å². The van der Waals surface area contributed by atoms with Gasteiger partial charge in [-0.2, -0.15) is 0 Å². The van der Waals surface area contributed by atoms with Gasteiger partial charge in [-0.15, -0.1) is 6.58 Å². The van der Waals surface area contributed by atoms with Crippen molar-refractivity contribution in [3.63, 3.8) is 0 Å². The molecular formula is C16H19NO2S. The fourth-order valence-corrected chi connectivity index (χ4v) is 2.19. The van der Waals surface area contributed by atoms with Crippen molar-refractivity contribution in [1.82, 2.24) is 5.32 Å². The van der Waals surface area contributed by atoms with Gasteiger partial charge in [-0.1, -0.05) is 43.1 Å². The Bertz CT molecular complexity index is 484. The highest BCUT2D eigenvalue weighted by Gasteiger charge is 2.29. The number of nitrogens with one attached hydrogen (secondary N) is 1. The van der Waals surface area contributed by atoms with Crippen LogP contribution in [0.1, 0.15) is 28.8 Å². The minimum absolute atomic E-state index is 0.192. The summed E-state index contributed by atoms with van der Waals surface area (Å²) >= 11 is 4.85. The molecule has 1 amide bonds. The first-order valence-corrected chi connectivity index (χ1v) is 6.78. The predicted molar refractivity (Wildman–Crippen MR) is 86.9 cm³/mol. The molecule has 2 N–H and O–H groups in total. The number of rotatable bonds is 8. The van der Waals surface area contributed by atoms with Gasteiger partial charge in [-0.3, -0.25) is 4.79 Å². The van der Waals surface area contributed by atoms with E-state index in [-0.39, 0.29) is 12.5 Å². The molecule has 106 valence electrons. The van der Waals surface area contributed by atoms with E-state index >= 15 is 0 Å². The second kappa shape index (κ2) is 7.72. The van der Waals surface area contributed by atoms with E-state index in [4.69, 9.17) is 12.2 Å². The summed E-state index contributed by atoms with van der Waals surface area (Å²) in [5.74, 6) is -0.242. The smallest absolute Gasteiger partial charge is 0.251 e. The summed E-state index contributed by atoms with van der Waals surface area (Å²) in [6, 6.07) is 7.07. The van der Waals surface area contributed by atoms with E-state index in [0.29, 0.717) is 18.4 Å². The van der Waals surface area contributed by atoms with E-state index in [9.17, 15) is 9.90 Å². The Morgan fingerprint density at radius 3 is 2.40 bits per heavy atom. The van der Waals surface area contributed by atoms with Crippen LogP contribution in [-0.2, 0) is 0 Å². The Kier molecular flexibility index (Phi) is 6.28. The summed E-state index contributed by atoms with van der Waals surface area (Å²) in [5, 5.41) is 13.9. The Morgan fingerprint density at radius 2 is 1.95 bits per heavy atom. The van der Waals surface area contributed by atoms with Crippen LogP contribution < -0.4 is 5.32 Å². The zero-order chi connectivity index (χ0) is 15.0. The van der Waals surface area contributed by atoms with Gasteiger partial charge in [-0.05, 0) is 29.5 Å². The molecule has 4 heteroatoms. The first-order valence-electron chi connectivity index (χ1n) is 6.31. The molecule has 0 fully saturated rings. The van der Waals surface area contributed by atoms with Crippen molar-refractivity contribution >= 4 is 29.6 Å². The van der Waals surface area contributed by atoms with Gasteiger partial charge in [0.15, 0.2) is 0 Å². The number of carbonyl (C=O) groups is 1. The first kappa shape index (κ1) is 16.3. The van der Waals surface area contributed by atoms with Crippen molar-refractivity contribution in [3.05, 3.63) is 54.6 Å². The number of amides is 1. The summed E-state index contributed by atoms with van der Waals surface area (Å²) in [6.45, 7) is 7.13. The van der Waals surface area contributed by atoms with Gasteiger partial charge < -0.3 is 10.4 Å². The first-order chi connectivity index (χ1) is 9.60. The second-order valence-corrected chi connectivity index (χ2v) is 4.92. The van der Waals surface area contributed by atoms with Crippen LogP contribution in [0.4, 0.5) is 0 Å². The van der Waals surface area contributed by atoms with Gasteiger partial charge in [0, 0.05) is 12.0 Å². The summed E-state index contributed by atoms with van der Waals surface area (Å²) in [7, 11) is 0. The molecule has 1 unspecified atom stereocenters. The van der Waals surface area contributed by atoms with Crippen molar-refractivity contribution in [2.24, 2.45) is 0 Å². The molecule has 0 saturated carbocycles. The van der Waals surface area contributed by atoms with Crippen molar-refractivity contribution in [2.45, 2.75) is 18.4 Å². The average Bonchev–Trinajstić information content (AvgIpc) is 2.47. The lowest BCUT2D eigenvalue weighted by Crippen LogP contribution is -2.51. The van der Waals surface area contributed by atoms with Gasteiger partial charge >= 0.3 is 0 Å². The quantitative estimate of drug-likeness (QED) is 0.571. The van der Waals surface area contributed by atoms with E-state index < -0.39 is 5.54 Å². The topological polar surface area (TPSA) is 49.3 Å². The summed E-state index contributed by atoms with van der Waals surface area (Å²) in [4.78, 5) is 12.2. The Hall–Kier alpha value is -1.78. The molecule has 0 aliphatic heterocycles. The largest absolute Gasteiger partial charge is 0.394 e. The maximum atomic E-state index is 12.2. The van der Waals surface area contributed by atoms with Gasteiger partial charge in [0.2, 0.25) is 0 Å². The number of hydrogen-bond donors (Lipinski definition) is 2. The lowest BCUT2D eigenvalue weighted by molar-refractivity contribution is 0.0843. The van der Waals surface area contributed by atoms with E-state index in [1.165, 1.54) is 5.37 Å². The fourth-order valence-electron chi connectivity index (χ4n) is 1.87. The molecule has 0 aromatic heterocycles. The van der Waals surface area contributed by atoms with E-state index in [1.807, 2.05) is 12.1 Å². The van der Waals surface area contributed by atoms with Gasteiger partial charge in [0.25, 0.3) is 5.91 Å². The molecule has 0 bridgehead atoms. The molecule has 1 rings (SSSR count). The van der Waals surface area contributed by atoms with Gasteiger partial charge in [0.05, 0.1) is 12.1 Å². The SMILES string of the molecule is C=CCC(CO)(CC=S)NC(=O)c1ccc(C=C)cc1. The zero-order valence-corrected chi connectivity index (χ0v) is 12.2. The highest BCUT2D eigenvalue weighted by molar-refractivity contribution is 7.78. The van der Waals surface area contributed by atoms with Crippen molar-refractivity contribution < 1.29 is 9.90 Å². The summed E-state index contributed by atoms with van der Waals surface area (Å²) in [6.07, 6.45) is 4.23. The van der Waals surface area contributed by atoms with E-state index in [1.54, 1.807) is 24.3 Å². The molecule has 1 atom stereocenters. The number of aliphatic hydroxyl groups excluding tert-OH is 1. The Balaban J connectivity index is 2.90. The predicted octanol–water partition coefficient (Wildman–Crippen LogP) is 2.76. The van der Waals surface area contributed by atoms with Gasteiger partial charge in [0.1, 0.15) is 0 Å². The third kappa shape index (κ3) is 4.11. The van der Waals surface area contributed by atoms with Crippen LogP contribution >= 0.6 is 12.2 Å². The van der Waals surface area contributed by atoms with Crippen molar-refractivity contribution in [2.75, 3.05) is 6.61 Å². The standard InChI is InChI=1S/C16H19NO2S/c1-3-9-16(12-18,10-11-20)17-15(19)14-7-5-13(4-2)6-8-14/h3-8,11,18H,1-2,9-10,12H2,(H,17,19). The number of thiocarbonyl (C=S) groups is 1. The lowest BCUT2D eigenvalue weighted by atomic mass is 9.92. The van der Waals surface area contributed by atoms with Crippen LogP contribution in [0.15, 0.2) is 43.5 Å². The highest BCUT2D eigenvalue weighted by atomic mass is 32.1. The number of hydrogen-bond acceptors (Lipinski definition) is 3. The maximum Gasteiger partial charge on any atom is 0.251 e. The molecule has 1 aromatic rings. The van der Waals surface area contributed by atoms with Crippen LogP contribution in [0.25, 0.3) is 6.08 Å².